The van der Waals surface area contributed by atoms with E-state index in [1.807, 2.05) is 0 Å². The molecule has 0 radical (unpaired) electrons. The van der Waals surface area contributed by atoms with Crippen molar-refractivity contribution in [1.82, 2.24) is 4.90 Å². The van der Waals surface area contributed by atoms with Gasteiger partial charge in [-0.15, -0.1) is 0 Å². The molecule has 0 amide bonds. The third-order valence-electron chi connectivity index (χ3n) is 4.49. The van der Waals surface area contributed by atoms with Crippen molar-refractivity contribution in [2.75, 3.05) is 19.6 Å². The summed E-state index contributed by atoms with van der Waals surface area (Å²) in [7, 11) is 0. The first kappa shape index (κ1) is 10.6. The van der Waals surface area contributed by atoms with Gasteiger partial charge in [0.15, 0.2) is 5.60 Å². The zero-order valence-corrected chi connectivity index (χ0v) is 10.6. The lowest BCUT2D eigenvalue weighted by Crippen LogP contribution is -2.59. The number of oxime groups is 1. The molecule has 90 valence electrons. The highest BCUT2D eigenvalue weighted by atomic mass is 16.7. The van der Waals surface area contributed by atoms with Gasteiger partial charge in [-0.25, -0.2) is 0 Å². The Bertz CT molecular complexity index is 323. The molecule has 16 heavy (non-hydrogen) atoms. The maximum atomic E-state index is 5.90. The second kappa shape index (κ2) is 3.22. The van der Waals surface area contributed by atoms with E-state index >= 15 is 0 Å². The molecule has 2 bridgehead atoms. The van der Waals surface area contributed by atoms with Crippen LogP contribution in [0.4, 0.5) is 0 Å². The molecule has 0 aliphatic carbocycles. The van der Waals surface area contributed by atoms with E-state index in [-0.39, 0.29) is 11.0 Å². The summed E-state index contributed by atoms with van der Waals surface area (Å²) in [5.74, 6) is 0.737. The van der Waals surface area contributed by atoms with Crippen LogP contribution in [0.5, 0.6) is 0 Å². The number of nitrogens with zero attached hydrogens (tertiary/aromatic N) is 2. The lowest BCUT2D eigenvalue weighted by molar-refractivity contribution is -0.136. The van der Waals surface area contributed by atoms with Crippen molar-refractivity contribution < 1.29 is 4.84 Å². The first-order chi connectivity index (χ1) is 7.50. The van der Waals surface area contributed by atoms with Crippen molar-refractivity contribution in [3.8, 4) is 0 Å². The molecule has 3 saturated heterocycles. The largest absolute Gasteiger partial charge is 0.387 e. The molecule has 3 heteroatoms. The van der Waals surface area contributed by atoms with Gasteiger partial charge in [0.2, 0.25) is 0 Å². The number of fused-ring (bicyclic) bond motifs is 2. The van der Waals surface area contributed by atoms with E-state index in [1.165, 1.54) is 31.6 Å². The molecule has 3 nitrogen and oxygen atoms in total. The maximum absolute atomic E-state index is 5.90. The third kappa shape index (κ3) is 1.48. The van der Waals surface area contributed by atoms with E-state index < -0.39 is 0 Å². The van der Waals surface area contributed by atoms with Gasteiger partial charge >= 0.3 is 0 Å². The molecule has 0 aromatic heterocycles. The van der Waals surface area contributed by atoms with E-state index in [0.29, 0.717) is 0 Å². The van der Waals surface area contributed by atoms with Crippen LogP contribution in [0.15, 0.2) is 5.16 Å². The van der Waals surface area contributed by atoms with Gasteiger partial charge in [0, 0.05) is 24.3 Å². The zero-order valence-electron chi connectivity index (χ0n) is 10.6. The van der Waals surface area contributed by atoms with Gasteiger partial charge in [-0.2, -0.15) is 0 Å². The number of rotatable bonds is 0. The van der Waals surface area contributed by atoms with Crippen LogP contribution >= 0.6 is 0 Å². The van der Waals surface area contributed by atoms with Gasteiger partial charge in [-0.05, 0) is 25.9 Å². The zero-order chi connectivity index (χ0) is 11.4. The van der Waals surface area contributed by atoms with Gasteiger partial charge in [0.05, 0.1) is 5.71 Å². The SMILES string of the molecule is CC(C)(C)C1=NOC2(C1)CN1CCC2CC1. The molecular weight excluding hydrogens is 200 g/mol. The number of hydrogen-bond donors (Lipinski definition) is 0. The van der Waals surface area contributed by atoms with Gasteiger partial charge in [-0.1, -0.05) is 25.9 Å². The van der Waals surface area contributed by atoms with Crippen LogP contribution in [0.3, 0.4) is 0 Å². The molecule has 0 aromatic carbocycles. The summed E-state index contributed by atoms with van der Waals surface area (Å²) in [5.41, 5.74) is 1.45. The molecule has 4 rings (SSSR count). The van der Waals surface area contributed by atoms with Crippen molar-refractivity contribution in [1.29, 1.82) is 0 Å². The first-order valence-electron chi connectivity index (χ1n) is 6.47. The molecule has 1 spiro atoms. The quantitative estimate of drug-likeness (QED) is 0.628. The fourth-order valence-electron chi connectivity index (χ4n) is 3.32. The van der Waals surface area contributed by atoms with Crippen molar-refractivity contribution >= 4 is 5.71 Å². The number of hydrogen-bond acceptors (Lipinski definition) is 3. The highest BCUT2D eigenvalue weighted by Crippen LogP contribution is 2.45. The predicted octanol–water partition coefficient (Wildman–Crippen LogP) is 2.27. The highest BCUT2D eigenvalue weighted by Gasteiger charge is 2.53. The Morgan fingerprint density at radius 2 is 2.00 bits per heavy atom. The van der Waals surface area contributed by atoms with Crippen LogP contribution in [-0.2, 0) is 4.84 Å². The second-order valence-corrected chi connectivity index (χ2v) is 6.67. The van der Waals surface area contributed by atoms with Crippen molar-refractivity contribution in [3.63, 3.8) is 0 Å². The van der Waals surface area contributed by atoms with E-state index in [0.717, 1.165) is 18.9 Å². The molecule has 4 aliphatic rings. The van der Waals surface area contributed by atoms with E-state index in [4.69, 9.17) is 4.84 Å². The van der Waals surface area contributed by atoms with Gasteiger partial charge in [0.25, 0.3) is 0 Å². The van der Waals surface area contributed by atoms with Crippen LogP contribution in [0.2, 0.25) is 0 Å². The fraction of sp³-hybridized carbons (Fsp3) is 0.923. The summed E-state index contributed by atoms with van der Waals surface area (Å²) < 4.78 is 0. The van der Waals surface area contributed by atoms with E-state index in [1.54, 1.807) is 0 Å². The van der Waals surface area contributed by atoms with E-state index in [9.17, 15) is 0 Å². The van der Waals surface area contributed by atoms with Crippen LogP contribution < -0.4 is 0 Å². The average molecular weight is 222 g/mol. The Hall–Kier alpha value is -0.570. The van der Waals surface area contributed by atoms with Gasteiger partial charge in [-0.3, -0.25) is 4.90 Å². The summed E-state index contributed by atoms with van der Waals surface area (Å²) >= 11 is 0. The standard InChI is InChI=1S/C13H22N2O/c1-12(2,3)11-8-13(16-14-11)9-15-6-4-10(13)5-7-15/h10H,4-9H2,1-3H3. The topological polar surface area (TPSA) is 24.8 Å². The minimum absolute atomic E-state index is 0.0408. The summed E-state index contributed by atoms with van der Waals surface area (Å²) in [5, 5.41) is 4.39. The minimum Gasteiger partial charge on any atom is -0.387 e. The van der Waals surface area contributed by atoms with Crippen molar-refractivity contribution in [3.05, 3.63) is 0 Å². The van der Waals surface area contributed by atoms with Gasteiger partial charge in [0.1, 0.15) is 0 Å². The number of piperidine rings is 3. The smallest absolute Gasteiger partial charge is 0.158 e. The summed E-state index contributed by atoms with van der Waals surface area (Å²) in [4.78, 5) is 8.44. The molecule has 4 aliphatic heterocycles. The summed E-state index contributed by atoms with van der Waals surface area (Å²) in [6.45, 7) is 10.3. The fourth-order valence-corrected chi connectivity index (χ4v) is 3.32. The predicted molar refractivity (Wildman–Crippen MR) is 64.5 cm³/mol. The third-order valence-corrected chi connectivity index (χ3v) is 4.49. The van der Waals surface area contributed by atoms with Crippen LogP contribution in [0.25, 0.3) is 0 Å². The van der Waals surface area contributed by atoms with Gasteiger partial charge < -0.3 is 4.84 Å². The van der Waals surface area contributed by atoms with Crippen LogP contribution in [0.1, 0.15) is 40.0 Å². The summed E-state index contributed by atoms with van der Waals surface area (Å²) in [6, 6.07) is 0. The Morgan fingerprint density at radius 1 is 1.31 bits per heavy atom. The lowest BCUT2D eigenvalue weighted by Gasteiger charge is -2.49. The van der Waals surface area contributed by atoms with Crippen molar-refractivity contribution in [2.45, 2.75) is 45.6 Å². The van der Waals surface area contributed by atoms with Crippen LogP contribution in [0, 0.1) is 11.3 Å². The Morgan fingerprint density at radius 3 is 2.44 bits per heavy atom. The highest BCUT2D eigenvalue weighted by molar-refractivity contribution is 5.90. The Balaban J connectivity index is 1.79. The Labute approximate surface area is 97.8 Å². The maximum Gasteiger partial charge on any atom is 0.158 e. The molecule has 3 fully saturated rings. The monoisotopic (exact) mass is 222 g/mol. The second-order valence-electron chi connectivity index (χ2n) is 6.67. The molecule has 0 aromatic rings. The molecular formula is C13H22N2O. The molecule has 1 atom stereocenters. The molecule has 0 N–H and O–H groups in total. The first-order valence-corrected chi connectivity index (χ1v) is 6.47. The molecule has 0 saturated carbocycles. The van der Waals surface area contributed by atoms with E-state index in [2.05, 4.69) is 30.8 Å². The molecule has 1 unspecified atom stereocenters. The minimum atomic E-state index is 0.0408. The summed E-state index contributed by atoms with van der Waals surface area (Å²) in [6.07, 6.45) is 3.65. The van der Waals surface area contributed by atoms with Crippen LogP contribution in [-0.4, -0.2) is 35.8 Å². The average Bonchev–Trinajstić information content (AvgIpc) is 2.63. The normalized spacial score (nSPS) is 42.3. The lowest BCUT2D eigenvalue weighted by atomic mass is 9.71. The Kier molecular flexibility index (Phi) is 2.13. The molecule has 4 heterocycles. The van der Waals surface area contributed by atoms with Crippen molar-refractivity contribution in [2.24, 2.45) is 16.5 Å².